The summed E-state index contributed by atoms with van der Waals surface area (Å²) in [4.78, 5) is 46.2. The second-order valence-electron chi connectivity index (χ2n) is 12.4. The molecule has 2 amide bonds. The normalized spacial score (nSPS) is 20.1. The lowest BCUT2D eigenvalue weighted by atomic mass is 10.0. The number of carboxylic acid groups (broad SMARTS) is 1. The smallest absolute Gasteiger partial charge is 0.335 e. The molecule has 4 rings (SSSR count). The molecule has 0 saturated carbocycles. The number of rotatable bonds is 9. The van der Waals surface area contributed by atoms with E-state index >= 15 is 0 Å². The summed E-state index contributed by atoms with van der Waals surface area (Å²) in [6.07, 6.45) is 5.19. The molecule has 0 spiro atoms. The maximum atomic E-state index is 14.3. The number of hydrogen-bond acceptors (Lipinski definition) is 8. The third-order valence-electron chi connectivity index (χ3n) is 8.40. The lowest BCUT2D eigenvalue weighted by molar-refractivity contribution is -0.0177. The Balaban J connectivity index is 1.59. The van der Waals surface area contributed by atoms with Crippen LogP contribution in [0.4, 0.5) is 5.69 Å². The topological polar surface area (TPSA) is 142 Å². The van der Waals surface area contributed by atoms with Gasteiger partial charge in [-0.25, -0.2) is 4.79 Å². The zero-order valence-electron chi connectivity index (χ0n) is 27.6. The van der Waals surface area contributed by atoms with E-state index in [1.54, 1.807) is 66.7 Å². The first kappa shape index (κ1) is 35.5. The van der Waals surface area contributed by atoms with E-state index < -0.39 is 12.0 Å². The first-order valence-corrected chi connectivity index (χ1v) is 16.1. The zero-order valence-corrected chi connectivity index (χ0v) is 27.6. The maximum absolute atomic E-state index is 14.3. The molecule has 4 atom stereocenters. The minimum atomic E-state index is -0.961. The van der Waals surface area contributed by atoms with E-state index in [-0.39, 0.29) is 42.1 Å². The number of nitrogens with zero attached hydrogens (tertiary/aromatic N) is 3. The number of anilines is 1. The number of aliphatic hydroxyl groups is 1. The van der Waals surface area contributed by atoms with Crippen LogP contribution in [-0.4, -0.2) is 94.4 Å². The third-order valence-corrected chi connectivity index (χ3v) is 8.40. The molecule has 0 unspecified atom stereocenters. The summed E-state index contributed by atoms with van der Waals surface area (Å²) in [5, 5.41) is 22.3. The second-order valence-corrected chi connectivity index (χ2v) is 12.4. The number of pyridine rings is 1. The van der Waals surface area contributed by atoms with Crippen molar-refractivity contribution in [2.45, 2.75) is 64.8 Å². The van der Waals surface area contributed by atoms with Gasteiger partial charge in [-0.15, -0.1) is 0 Å². The van der Waals surface area contributed by atoms with Crippen molar-refractivity contribution >= 4 is 23.5 Å². The van der Waals surface area contributed by atoms with Crippen molar-refractivity contribution in [2.24, 2.45) is 5.92 Å². The van der Waals surface area contributed by atoms with E-state index in [1.165, 1.54) is 0 Å². The Morgan fingerprint density at radius 3 is 2.47 bits per heavy atom. The van der Waals surface area contributed by atoms with Crippen LogP contribution in [0.3, 0.4) is 0 Å². The van der Waals surface area contributed by atoms with Crippen molar-refractivity contribution in [1.29, 1.82) is 0 Å². The SMILES string of the molecule is C[C@@H]1CCCCO[C@H](CN(C)Cc2ccc(C(=O)O)cc2)[C@H](C)CN([C@H](C)CO)C(=O)c2cc(NC(=O)c3ccncc3)ccc2O1. The Bertz CT molecular complexity index is 1480. The zero-order chi connectivity index (χ0) is 33.9. The Hall–Kier alpha value is -4.32. The highest BCUT2D eigenvalue weighted by Gasteiger charge is 2.30. The number of carbonyl (C=O) groups excluding carboxylic acids is 2. The summed E-state index contributed by atoms with van der Waals surface area (Å²) in [7, 11) is 1.99. The molecule has 2 heterocycles. The first-order valence-electron chi connectivity index (χ1n) is 16.1. The van der Waals surface area contributed by atoms with E-state index in [1.807, 2.05) is 33.0 Å². The molecule has 2 aromatic carbocycles. The van der Waals surface area contributed by atoms with Crippen LogP contribution in [0.5, 0.6) is 5.75 Å². The Morgan fingerprint density at radius 2 is 1.79 bits per heavy atom. The van der Waals surface area contributed by atoms with Gasteiger partial charge in [-0.3, -0.25) is 19.5 Å². The number of carbonyl (C=O) groups is 3. The number of aromatic nitrogens is 1. The molecule has 0 radical (unpaired) electrons. The number of amides is 2. The number of nitrogens with one attached hydrogen (secondary N) is 1. The molecule has 0 bridgehead atoms. The molecule has 0 aliphatic carbocycles. The molecular formula is C36H46N4O7. The number of carboxylic acids is 1. The first-order chi connectivity index (χ1) is 22.5. The lowest BCUT2D eigenvalue weighted by Crippen LogP contribution is -2.47. The number of benzene rings is 2. The van der Waals surface area contributed by atoms with Crippen molar-refractivity contribution in [2.75, 3.05) is 38.7 Å². The summed E-state index contributed by atoms with van der Waals surface area (Å²) >= 11 is 0. The highest BCUT2D eigenvalue weighted by Crippen LogP contribution is 2.29. The van der Waals surface area contributed by atoms with Gasteiger partial charge >= 0.3 is 5.97 Å². The van der Waals surface area contributed by atoms with Gasteiger partial charge in [0.15, 0.2) is 0 Å². The monoisotopic (exact) mass is 646 g/mol. The van der Waals surface area contributed by atoms with Crippen LogP contribution < -0.4 is 10.1 Å². The van der Waals surface area contributed by atoms with E-state index in [4.69, 9.17) is 9.47 Å². The summed E-state index contributed by atoms with van der Waals surface area (Å²) in [5.74, 6) is -1.29. The van der Waals surface area contributed by atoms with Crippen LogP contribution in [-0.2, 0) is 11.3 Å². The quantitative estimate of drug-likeness (QED) is 0.294. The average molecular weight is 647 g/mol. The van der Waals surface area contributed by atoms with Crippen LogP contribution in [0.15, 0.2) is 67.0 Å². The van der Waals surface area contributed by atoms with Gasteiger partial charge < -0.3 is 29.9 Å². The van der Waals surface area contributed by atoms with Crippen molar-refractivity contribution in [3.63, 3.8) is 0 Å². The molecule has 0 saturated heterocycles. The van der Waals surface area contributed by atoms with Crippen LogP contribution in [0.2, 0.25) is 0 Å². The molecule has 0 fully saturated rings. The van der Waals surface area contributed by atoms with Gasteiger partial charge in [0.2, 0.25) is 0 Å². The van der Waals surface area contributed by atoms with Crippen LogP contribution in [0, 0.1) is 5.92 Å². The summed E-state index contributed by atoms with van der Waals surface area (Å²) in [6.45, 7) is 7.63. The highest BCUT2D eigenvalue weighted by molar-refractivity contribution is 6.05. The van der Waals surface area contributed by atoms with Gasteiger partial charge in [-0.2, -0.15) is 0 Å². The van der Waals surface area contributed by atoms with Crippen molar-refractivity contribution in [3.05, 3.63) is 89.2 Å². The van der Waals surface area contributed by atoms with Gasteiger partial charge in [0.1, 0.15) is 5.75 Å². The fraction of sp³-hybridized carbons (Fsp3) is 0.444. The average Bonchev–Trinajstić information content (AvgIpc) is 3.06. The Kier molecular flexibility index (Phi) is 12.9. The van der Waals surface area contributed by atoms with E-state index in [2.05, 4.69) is 15.2 Å². The lowest BCUT2D eigenvalue weighted by Gasteiger charge is -2.36. The number of fused-ring (bicyclic) bond motifs is 1. The van der Waals surface area contributed by atoms with Gasteiger partial charge in [0.25, 0.3) is 11.8 Å². The van der Waals surface area contributed by atoms with Crippen LogP contribution in [0.1, 0.15) is 76.7 Å². The molecule has 47 heavy (non-hydrogen) atoms. The molecule has 252 valence electrons. The molecule has 1 aliphatic heterocycles. The van der Waals surface area contributed by atoms with Gasteiger partial charge in [0, 0.05) is 55.8 Å². The number of hydrogen-bond donors (Lipinski definition) is 3. The largest absolute Gasteiger partial charge is 0.490 e. The molecule has 3 aromatic rings. The predicted octanol–water partition coefficient (Wildman–Crippen LogP) is 4.96. The predicted molar refractivity (Wildman–Crippen MR) is 179 cm³/mol. The highest BCUT2D eigenvalue weighted by atomic mass is 16.5. The molecular weight excluding hydrogens is 600 g/mol. The minimum Gasteiger partial charge on any atom is -0.490 e. The number of likely N-dealkylation sites (N-methyl/N-ethyl adjacent to an activating group) is 1. The fourth-order valence-electron chi connectivity index (χ4n) is 5.61. The molecule has 11 nitrogen and oxygen atoms in total. The van der Waals surface area contributed by atoms with Crippen molar-refractivity contribution in [3.8, 4) is 5.75 Å². The Morgan fingerprint density at radius 1 is 1.06 bits per heavy atom. The van der Waals surface area contributed by atoms with Gasteiger partial charge in [-0.1, -0.05) is 19.1 Å². The third kappa shape index (κ3) is 10.1. The number of aliphatic hydroxyl groups excluding tert-OH is 1. The standard InChI is InChI=1S/C36H46N4O7/c1-24-20-40(25(2)23-41)35(43)31-19-30(38-34(42)28-14-16-37-17-15-28)12-13-32(31)47-26(3)7-5-6-18-46-33(24)22-39(4)21-27-8-10-29(11-9-27)36(44)45/h8-17,19,24-26,33,41H,5-7,18,20-23H2,1-4H3,(H,38,42)(H,44,45)/t24-,25-,26-,33-/m1/s1. The number of aromatic carboxylic acids is 1. The molecule has 1 aliphatic rings. The van der Waals surface area contributed by atoms with E-state index in [9.17, 15) is 24.6 Å². The second kappa shape index (κ2) is 17.0. The molecule has 1 aromatic heterocycles. The summed E-state index contributed by atoms with van der Waals surface area (Å²) in [5.41, 5.74) is 2.41. The van der Waals surface area contributed by atoms with Gasteiger partial charge in [-0.05, 0) is 88.2 Å². The van der Waals surface area contributed by atoms with Crippen molar-refractivity contribution in [1.82, 2.24) is 14.8 Å². The van der Waals surface area contributed by atoms with Gasteiger partial charge in [0.05, 0.1) is 36.0 Å². The van der Waals surface area contributed by atoms with E-state index in [0.29, 0.717) is 48.8 Å². The molecule has 3 N–H and O–H groups in total. The number of ether oxygens (including phenoxy) is 2. The summed E-state index contributed by atoms with van der Waals surface area (Å²) in [6, 6.07) is 14.6. The van der Waals surface area contributed by atoms with Crippen LogP contribution >= 0.6 is 0 Å². The van der Waals surface area contributed by atoms with Crippen molar-refractivity contribution < 1.29 is 34.1 Å². The van der Waals surface area contributed by atoms with Crippen LogP contribution in [0.25, 0.3) is 0 Å². The summed E-state index contributed by atoms with van der Waals surface area (Å²) < 4.78 is 12.7. The fourth-order valence-corrected chi connectivity index (χ4v) is 5.61. The molecule has 11 heteroatoms. The Labute approximate surface area is 276 Å². The van der Waals surface area contributed by atoms with E-state index in [0.717, 1.165) is 24.8 Å². The maximum Gasteiger partial charge on any atom is 0.335 e. The minimum absolute atomic E-state index is 0.106.